The molecular formula is C100H82N4O3P4Pd. The summed E-state index contributed by atoms with van der Waals surface area (Å²) in [6.07, 6.45) is 4.99. The first kappa shape index (κ1) is 78.6. The second-order valence-corrected chi connectivity index (χ2v) is 35.0. The van der Waals surface area contributed by atoms with Crippen molar-refractivity contribution in [3.63, 3.8) is 0 Å². The van der Waals surface area contributed by atoms with Gasteiger partial charge >= 0.3 is 6.09 Å². The van der Waals surface area contributed by atoms with Crippen molar-refractivity contribution in [2.75, 3.05) is 0 Å². The van der Waals surface area contributed by atoms with Crippen LogP contribution in [0.4, 0.5) is 4.79 Å². The van der Waals surface area contributed by atoms with Crippen molar-refractivity contribution < 1.29 is 34.7 Å². The number of fused-ring (bicyclic) bond motifs is 1. The molecule has 2 N–H and O–H groups in total. The monoisotopic (exact) mass is 1620 g/mol. The molecule has 1 aliphatic carbocycles. The molecule has 0 atom stereocenters. The van der Waals surface area contributed by atoms with Crippen molar-refractivity contribution in [2.45, 2.75) is 24.8 Å². The molecule has 0 saturated heterocycles. The number of benzene rings is 14. The van der Waals surface area contributed by atoms with Gasteiger partial charge in [-0.2, -0.15) is 0 Å². The van der Waals surface area contributed by atoms with Crippen molar-refractivity contribution in [3.8, 4) is 33.8 Å². The van der Waals surface area contributed by atoms with E-state index in [1.807, 2.05) is 72.8 Å². The third-order valence-electron chi connectivity index (χ3n) is 18.8. The van der Waals surface area contributed by atoms with Crippen molar-refractivity contribution in [1.82, 2.24) is 20.3 Å². The quantitative estimate of drug-likeness (QED) is 0.0696. The van der Waals surface area contributed by atoms with E-state index in [-0.39, 0.29) is 20.4 Å². The van der Waals surface area contributed by atoms with E-state index in [2.05, 4.69) is 379 Å². The number of hydrogen-bond acceptors (Lipinski definition) is 5. The Bertz CT molecular complexity index is 4750. The number of furan rings is 1. The van der Waals surface area contributed by atoms with Crippen molar-refractivity contribution >= 4 is 113 Å². The summed E-state index contributed by atoms with van der Waals surface area (Å²) in [6, 6.07) is 153. The number of rotatable bonds is 17. The van der Waals surface area contributed by atoms with Gasteiger partial charge in [0.1, 0.15) is 17.0 Å². The Balaban J connectivity index is 0.000000126. The van der Waals surface area contributed by atoms with Gasteiger partial charge in [0.2, 0.25) is 5.71 Å². The smallest absolute Gasteiger partial charge is 0.405 e. The molecule has 1 aliphatic rings. The van der Waals surface area contributed by atoms with Crippen LogP contribution in [0.3, 0.4) is 0 Å². The summed E-state index contributed by atoms with van der Waals surface area (Å²) in [5, 5.41) is 28.8. The van der Waals surface area contributed by atoms with E-state index in [4.69, 9.17) is 9.40 Å². The van der Waals surface area contributed by atoms with Crippen LogP contribution in [0, 0.1) is 0 Å². The topological polar surface area (TPSA) is 101 Å². The maximum absolute atomic E-state index is 11.4. The first-order valence-electron chi connectivity index (χ1n) is 37.1. The Hall–Kier alpha value is -11.5. The number of aromatic nitrogens is 3. The van der Waals surface area contributed by atoms with E-state index in [9.17, 15) is 9.90 Å². The van der Waals surface area contributed by atoms with Crippen LogP contribution in [0.2, 0.25) is 0 Å². The molecule has 0 unspecified atom stereocenters. The Morgan fingerprint density at radius 1 is 0.312 bits per heavy atom. The zero-order valence-corrected chi connectivity index (χ0v) is 66.7. The Morgan fingerprint density at radius 3 is 0.821 bits per heavy atom. The van der Waals surface area contributed by atoms with Gasteiger partial charge in [-0.3, -0.25) is 4.98 Å². The predicted octanol–water partition coefficient (Wildman–Crippen LogP) is 20.0. The normalized spacial score (nSPS) is 11.7. The van der Waals surface area contributed by atoms with Gasteiger partial charge in [0.05, 0.1) is 23.0 Å². The van der Waals surface area contributed by atoms with Crippen molar-refractivity contribution in [1.29, 1.82) is 0 Å². The zero-order chi connectivity index (χ0) is 75.5. The van der Waals surface area contributed by atoms with Gasteiger partial charge in [0.25, 0.3) is 0 Å². The summed E-state index contributed by atoms with van der Waals surface area (Å²) in [4.78, 5) is 25.2. The second kappa shape index (κ2) is 40.4. The molecule has 0 aliphatic heterocycles. The van der Waals surface area contributed by atoms with Gasteiger partial charge in [-0.05, 0) is 138 Å². The number of amides is 1. The molecule has 14 aromatic carbocycles. The minimum Gasteiger partial charge on any atom is -0.465 e. The van der Waals surface area contributed by atoms with Crippen LogP contribution in [-0.4, -0.2) is 26.2 Å². The third kappa shape index (κ3) is 20.4. The van der Waals surface area contributed by atoms with E-state index in [0.29, 0.717) is 22.7 Å². The van der Waals surface area contributed by atoms with Crippen LogP contribution < -0.4 is 69.0 Å². The van der Waals surface area contributed by atoms with Gasteiger partial charge in [-0.25, -0.2) is 14.8 Å². The van der Waals surface area contributed by atoms with Crippen LogP contribution in [0.15, 0.2) is 454 Å². The fraction of sp³-hybridized carbons (Fsp3) is 0.0400. The predicted molar refractivity (Wildman–Crippen MR) is 473 cm³/mol. The van der Waals surface area contributed by atoms with Crippen molar-refractivity contribution in [2.24, 2.45) is 0 Å². The zero-order valence-electron chi connectivity index (χ0n) is 61.6. The molecule has 12 heteroatoms. The minimum absolute atomic E-state index is 0. The molecule has 7 nitrogen and oxygen atoms in total. The second-order valence-electron chi connectivity index (χ2n) is 26.1. The average molecular weight is 1620 g/mol. The fourth-order valence-corrected chi connectivity index (χ4v) is 22.7. The molecule has 3 heterocycles. The molecule has 0 radical (unpaired) electrons. The standard InChI is InChI=1S/C28H22N4O3.4C18H15P.Pd/c33-27(34)32-28(14-6-15-28)20-12-10-19(11-13-20)25-23(18-7-2-1-3-8-18)24-26(35-25)30-17-22(31-24)21-9-4-5-16-29-21;4*1-4-10-16(11-5-1)19(17-12-6-2-7-13-17)18-14-8-3-9-15-18;/h1-5,7-13,16-17,32H,6,14-15H2,(H,33,34);4*1-15H;. The van der Waals surface area contributed by atoms with Gasteiger partial charge in [0, 0.05) is 32.2 Å². The van der Waals surface area contributed by atoms with Crippen LogP contribution in [0.1, 0.15) is 24.8 Å². The molecule has 1 amide bonds. The summed E-state index contributed by atoms with van der Waals surface area (Å²) in [7, 11) is -1.78. The molecule has 3 aromatic heterocycles. The largest absolute Gasteiger partial charge is 0.465 e. The SMILES string of the molecule is O=C(O)NC1(c2ccc(-c3oc4ncc(-c5ccccn5)nc4c3-c3ccccc3)cc2)CCC1.[Pd].c1ccc(P(c2ccccc2)c2ccccc2)cc1.c1ccc(P(c2ccccc2)c2ccccc2)cc1.c1ccc(P(c2ccccc2)c2ccccc2)cc1.c1ccc(P(c2ccccc2)c2ccccc2)cc1. The molecule has 1 fully saturated rings. The number of pyridine rings is 1. The van der Waals surface area contributed by atoms with Gasteiger partial charge in [-0.15, -0.1) is 0 Å². The number of nitrogens with one attached hydrogen (secondary N) is 1. The van der Waals surface area contributed by atoms with Gasteiger partial charge < -0.3 is 14.8 Å². The maximum Gasteiger partial charge on any atom is 0.405 e. The van der Waals surface area contributed by atoms with Crippen LogP contribution in [0.5, 0.6) is 0 Å². The number of nitrogens with zero attached hydrogens (tertiary/aromatic N) is 3. The van der Waals surface area contributed by atoms with E-state index in [1.165, 1.54) is 63.7 Å². The Morgan fingerprint density at radius 2 is 0.580 bits per heavy atom. The fourth-order valence-electron chi connectivity index (χ4n) is 13.5. The molecule has 112 heavy (non-hydrogen) atoms. The maximum atomic E-state index is 11.4. The molecule has 0 spiro atoms. The van der Waals surface area contributed by atoms with Crippen LogP contribution in [-0.2, 0) is 26.0 Å². The third-order valence-corrected chi connectivity index (χ3v) is 28.6. The summed E-state index contributed by atoms with van der Waals surface area (Å²) in [5.41, 5.74) is 5.68. The molecule has 550 valence electrons. The van der Waals surface area contributed by atoms with E-state index < -0.39 is 43.3 Å². The minimum atomic E-state index is -1.00. The summed E-state index contributed by atoms with van der Waals surface area (Å²) in [5.74, 6) is 0.671. The number of carboxylic acid groups (broad SMARTS) is 1. The van der Waals surface area contributed by atoms with E-state index in [1.54, 1.807) is 12.4 Å². The molecule has 0 bridgehead atoms. The molecular weight excluding hydrogens is 1540 g/mol. The molecule has 17 aromatic rings. The van der Waals surface area contributed by atoms with E-state index in [0.717, 1.165) is 47.2 Å². The number of hydrogen-bond donors (Lipinski definition) is 2. The summed E-state index contributed by atoms with van der Waals surface area (Å²) < 4.78 is 6.26. The Kier molecular flexibility index (Phi) is 28.4. The average Bonchev–Trinajstić information content (AvgIpc) is 1.11. The molecule has 18 rings (SSSR count). The summed E-state index contributed by atoms with van der Waals surface area (Å²) in [6.45, 7) is 0. The summed E-state index contributed by atoms with van der Waals surface area (Å²) >= 11 is 0. The first-order valence-corrected chi connectivity index (χ1v) is 42.5. The van der Waals surface area contributed by atoms with Crippen LogP contribution in [0.25, 0.3) is 45.1 Å². The first-order chi connectivity index (χ1) is 54.9. The van der Waals surface area contributed by atoms with Gasteiger partial charge in [0.15, 0.2) is 0 Å². The van der Waals surface area contributed by atoms with E-state index >= 15 is 0 Å². The molecule has 1 saturated carbocycles. The van der Waals surface area contributed by atoms with Crippen molar-refractivity contribution in [3.05, 3.63) is 455 Å². The van der Waals surface area contributed by atoms with Crippen LogP contribution >= 0.6 is 31.7 Å². The van der Waals surface area contributed by atoms with Gasteiger partial charge in [-0.1, -0.05) is 425 Å². The Labute approximate surface area is 676 Å². The number of carbonyl (C=O) groups is 1.